The van der Waals surface area contributed by atoms with E-state index in [1.165, 1.54) is 12.0 Å². The first-order valence-corrected chi connectivity index (χ1v) is 11.1. The van der Waals surface area contributed by atoms with Crippen molar-refractivity contribution in [3.05, 3.63) is 58.8 Å². The zero-order chi connectivity index (χ0) is 24.1. The summed E-state index contributed by atoms with van der Waals surface area (Å²) in [7, 11) is 3.09. The first-order valence-electron chi connectivity index (χ1n) is 11.1. The number of carbonyl (C=O) groups excluding carboxylic acids is 2. The summed E-state index contributed by atoms with van der Waals surface area (Å²) < 4.78 is 16.3. The van der Waals surface area contributed by atoms with E-state index in [1.54, 1.807) is 25.3 Å². The van der Waals surface area contributed by atoms with E-state index in [9.17, 15) is 9.59 Å². The van der Waals surface area contributed by atoms with E-state index in [-0.39, 0.29) is 30.2 Å². The minimum Gasteiger partial charge on any atom is -0.493 e. The number of anilines is 1. The largest absolute Gasteiger partial charge is 0.493 e. The highest BCUT2D eigenvalue weighted by Gasteiger charge is 2.39. The Labute approximate surface area is 195 Å². The maximum Gasteiger partial charge on any atom is 0.278 e. The number of nitrogens with one attached hydrogen (secondary N) is 1. The maximum atomic E-state index is 13.4. The highest BCUT2D eigenvalue weighted by atomic mass is 16.5. The minimum atomic E-state index is -0.352. The van der Waals surface area contributed by atoms with Gasteiger partial charge < -0.3 is 19.5 Å². The van der Waals surface area contributed by atoms with Crippen molar-refractivity contribution in [3.63, 3.8) is 0 Å². The first kappa shape index (κ1) is 24.3. The van der Waals surface area contributed by atoms with E-state index in [4.69, 9.17) is 14.2 Å². The molecule has 7 nitrogen and oxygen atoms in total. The van der Waals surface area contributed by atoms with Crippen LogP contribution in [0.1, 0.15) is 37.0 Å². The molecule has 33 heavy (non-hydrogen) atoms. The fourth-order valence-electron chi connectivity index (χ4n) is 3.70. The predicted molar refractivity (Wildman–Crippen MR) is 128 cm³/mol. The zero-order valence-corrected chi connectivity index (χ0v) is 20.2. The third-order valence-corrected chi connectivity index (χ3v) is 5.47. The Morgan fingerprint density at radius 2 is 1.67 bits per heavy atom. The van der Waals surface area contributed by atoms with Crippen LogP contribution in [0, 0.1) is 13.8 Å². The highest BCUT2D eigenvalue weighted by Crippen LogP contribution is 2.36. The van der Waals surface area contributed by atoms with Gasteiger partial charge in [-0.1, -0.05) is 18.2 Å². The number of amides is 2. The molecule has 0 spiro atoms. The Bertz CT molecular complexity index is 1070. The molecule has 0 aliphatic carbocycles. The molecule has 0 radical (unpaired) electrons. The van der Waals surface area contributed by atoms with Crippen molar-refractivity contribution in [2.45, 2.75) is 40.2 Å². The van der Waals surface area contributed by atoms with Gasteiger partial charge in [0.15, 0.2) is 11.5 Å². The molecule has 1 heterocycles. The van der Waals surface area contributed by atoms with Crippen molar-refractivity contribution in [3.8, 4) is 11.5 Å². The number of nitrogens with zero attached hydrogens (tertiary/aromatic N) is 1. The summed E-state index contributed by atoms with van der Waals surface area (Å²) in [4.78, 5) is 28.1. The number of rotatable bonds is 10. The minimum absolute atomic E-state index is 0.0944. The number of carbonyl (C=O) groups is 2. The Balaban J connectivity index is 2.01. The highest BCUT2D eigenvalue weighted by molar-refractivity contribution is 6.36. The van der Waals surface area contributed by atoms with Crippen LogP contribution < -0.4 is 14.8 Å². The molecule has 0 atom stereocenters. The van der Waals surface area contributed by atoms with E-state index >= 15 is 0 Å². The number of benzene rings is 2. The van der Waals surface area contributed by atoms with Crippen LogP contribution in [0.25, 0.3) is 5.57 Å². The van der Waals surface area contributed by atoms with Gasteiger partial charge in [-0.2, -0.15) is 0 Å². The number of hydrogen-bond acceptors (Lipinski definition) is 6. The van der Waals surface area contributed by atoms with Gasteiger partial charge in [0.05, 0.1) is 25.9 Å². The van der Waals surface area contributed by atoms with Crippen molar-refractivity contribution in [1.82, 2.24) is 4.90 Å². The summed E-state index contributed by atoms with van der Waals surface area (Å²) in [5.74, 6) is 0.336. The molecule has 7 heteroatoms. The number of hydrogen-bond donors (Lipinski definition) is 1. The van der Waals surface area contributed by atoms with Gasteiger partial charge in [0.2, 0.25) is 0 Å². The lowest BCUT2D eigenvalue weighted by atomic mass is 10.0. The molecule has 1 N–H and O–H groups in total. The first-order chi connectivity index (χ1) is 15.8. The van der Waals surface area contributed by atoms with Crippen LogP contribution in [0.15, 0.2) is 42.1 Å². The summed E-state index contributed by atoms with van der Waals surface area (Å²) in [5, 5.41) is 3.25. The second-order valence-corrected chi connectivity index (χ2v) is 8.30. The summed E-state index contributed by atoms with van der Waals surface area (Å²) in [6, 6.07) is 11.2. The number of imide groups is 1. The molecule has 3 rings (SSSR count). The molecule has 2 aromatic rings. The molecule has 1 aliphatic heterocycles. The van der Waals surface area contributed by atoms with E-state index in [0.717, 1.165) is 16.8 Å². The van der Waals surface area contributed by atoms with Crippen molar-refractivity contribution < 1.29 is 23.8 Å². The average molecular weight is 453 g/mol. The van der Waals surface area contributed by atoms with Crippen molar-refractivity contribution in [2.75, 3.05) is 32.7 Å². The van der Waals surface area contributed by atoms with Gasteiger partial charge in [-0.15, -0.1) is 0 Å². The standard InChI is InChI=1S/C26H32N2O5/c1-16(2)33-13-7-12-28-25(29)23(19-10-11-21(31-5)22(15-19)32-6)24(26(28)30)27-20-14-17(3)8-9-18(20)4/h8-11,14-16,27H,7,12-13H2,1-6H3. The molecule has 2 amide bonds. The van der Waals surface area contributed by atoms with Crippen LogP contribution in [0.3, 0.4) is 0 Å². The lowest BCUT2D eigenvalue weighted by Crippen LogP contribution is -2.34. The molecule has 1 aliphatic rings. The smallest absolute Gasteiger partial charge is 0.278 e. The molecule has 0 saturated carbocycles. The summed E-state index contributed by atoms with van der Waals surface area (Å²) in [5.41, 5.74) is 3.96. The molecular weight excluding hydrogens is 420 g/mol. The third kappa shape index (κ3) is 5.37. The van der Waals surface area contributed by atoms with Gasteiger partial charge >= 0.3 is 0 Å². The van der Waals surface area contributed by atoms with E-state index in [0.29, 0.717) is 35.7 Å². The average Bonchev–Trinajstić information content (AvgIpc) is 3.02. The molecule has 176 valence electrons. The van der Waals surface area contributed by atoms with Crippen LogP contribution in [0.5, 0.6) is 11.5 Å². The van der Waals surface area contributed by atoms with Crippen molar-refractivity contribution >= 4 is 23.1 Å². The van der Waals surface area contributed by atoms with Crippen LogP contribution >= 0.6 is 0 Å². The monoisotopic (exact) mass is 452 g/mol. The fraction of sp³-hybridized carbons (Fsp3) is 0.385. The molecular formula is C26H32N2O5. The quantitative estimate of drug-likeness (QED) is 0.427. The molecule has 0 fully saturated rings. The van der Waals surface area contributed by atoms with Crippen molar-refractivity contribution in [1.29, 1.82) is 0 Å². The molecule has 0 bridgehead atoms. The summed E-state index contributed by atoms with van der Waals surface area (Å²) >= 11 is 0. The second kappa shape index (κ2) is 10.5. The lowest BCUT2D eigenvalue weighted by Gasteiger charge is -2.16. The molecule has 0 aromatic heterocycles. The maximum absolute atomic E-state index is 13.4. The van der Waals surface area contributed by atoms with Crippen LogP contribution in [-0.2, 0) is 14.3 Å². The Morgan fingerprint density at radius 3 is 2.33 bits per heavy atom. The van der Waals surface area contributed by atoms with E-state index < -0.39 is 0 Å². The Morgan fingerprint density at radius 1 is 0.939 bits per heavy atom. The van der Waals surface area contributed by atoms with Crippen molar-refractivity contribution in [2.24, 2.45) is 0 Å². The number of ether oxygens (including phenoxy) is 3. The van der Waals surface area contributed by atoms with Gasteiger partial charge in [-0.25, -0.2) is 0 Å². The molecule has 0 saturated heterocycles. The lowest BCUT2D eigenvalue weighted by molar-refractivity contribution is -0.137. The Kier molecular flexibility index (Phi) is 7.76. The van der Waals surface area contributed by atoms with Gasteiger partial charge in [-0.3, -0.25) is 14.5 Å². The molecule has 0 unspecified atom stereocenters. The second-order valence-electron chi connectivity index (χ2n) is 8.30. The topological polar surface area (TPSA) is 77.1 Å². The fourth-order valence-corrected chi connectivity index (χ4v) is 3.70. The van der Waals surface area contributed by atoms with Gasteiger partial charge in [0.1, 0.15) is 5.70 Å². The van der Waals surface area contributed by atoms with Gasteiger partial charge in [0.25, 0.3) is 11.8 Å². The van der Waals surface area contributed by atoms with Gasteiger partial charge in [-0.05, 0) is 69.0 Å². The summed E-state index contributed by atoms with van der Waals surface area (Å²) in [6.45, 7) is 8.60. The van der Waals surface area contributed by atoms with E-state index in [1.807, 2.05) is 45.9 Å². The molecule has 2 aromatic carbocycles. The normalized spacial score (nSPS) is 13.8. The third-order valence-electron chi connectivity index (χ3n) is 5.47. The van der Waals surface area contributed by atoms with Crippen LogP contribution in [0.4, 0.5) is 5.69 Å². The number of methoxy groups -OCH3 is 2. The van der Waals surface area contributed by atoms with Crippen LogP contribution in [-0.4, -0.2) is 50.2 Å². The van der Waals surface area contributed by atoms with Crippen LogP contribution in [0.2, 0.25) is 0 Å². The summed E-state index contributed by atoms with van der Waals surface area (Å²) in [6.07, 6.45) is 0.656. The van der Waals surface area contributed by atoms with Gasteiger partial charge in [0, 0.05) is 18.8 Å². The number of aryl methyl sites for hydroxylation is 2. The zero-order valence-electron chi connectivity index (χ0n) is 20.2. The predicted octanol–water partition coefficient (Wildman–Crippen LogP) is 4.33. The van der Waals surface area contributed by atoms with E-state index in [2.05, 4.69) is 5.32 Å². The SMILES string of the molecule is COc1ccc(C2=C(Nc3cc(C)ccc3C)C(=O)N(CCCOC(C)C)C2=O)cc1OC. The Hall–Kier alpha value is -3.32.